The topological polar surface area (TPSA) is 118 Å². The highest BCUT2D eigenvalue weighted by Crippen LogP contribution is 2.20. The maximum Gasteiger partial charge on any atom is 0.276 e. The second-order valence-electron chi connectivity index (χ2n) is 4.01. The average Bonchev–Trinajstić information content (AvgIpc) is 2.60. The van der Waals surface area contributed by atoms with Gasteiger partial charge in [0, 0.05) is 6.54 Å². The molecule has 1 aromatic heterocycles. The molecule has 1 atom stereocenters. The molecule has 0 bridgehead atoms. The number of nitrogens with two attached hydrogens (primary N) is 1. The molecule has 4 N–H and O–H groups in total. The summed E-state index contributed by atoms with van der Waals surface area (Å²) in [6.45, 7) is 0.239. The minimum atomic E-state index is -3.00. The van der Waals surface area contributed by atoms with Crippen molar-refractivity contribution in [1.29, 1.82) is 0 Å². The largest absolute Gasteiger partial charge is 0.391 e. The maximum absolute atomic E-state index is 11.6. The van der Waals surface area contributed by atoms with Gasteiger partial charge in [-0.25, -0.2) is 13.4 Å². The van der Waals surface area contributed by atoms with E-state index in [9.17, 15) is 13.2 Å². The van der Waals surface area contributed by atoms with Gasteiger partial charge in [0.2, 0.25) is 0 Å². The molecule has 0 aromatic carbocycles. The van der Waals surface area contributed by atoms with Crippen LogP contribution in [-0.4, -0.2) is 35.9 Å². The fourth-order valence-electron chi connectivity index (χ4n) is 1.85. The molecule has 1 unspecified atom stereocenters. The van der Waals surface area contributed by atoms with E-state index in [1.54, 1.807) is 0 Å². The third kappa shape index (κ3) is 2.41. The first-order valence-corrected chi connectivity index (χ1v) is 7.01. The average molecular weight is 258 g/mol. The first-order chi connectivity index (χ1) is 8.00. The Kier molecular flexibility index (Phi) is 3.05. The Balaban J connectivity index is 2.08. The van der Waals surface area contributed by atoms with Gasteiger partial charge < -0.3 is 16.0 Å². The van der Waals surface area contributed by atoms with Crippen molar-refractivity contribution in [3.63, 3.8) is 0 Å². The number of aromatic nitrogens is 2. The third-order valence-electron chi connectivity index (χ3n) is 2.85. The summed E-state index contributed by atoms with van der Waals surface area (Å²) in [5.41, 5.74) is 5.06. The number of nitrogen functional groups attached to an aromatic ring is 1. The second-order valence-corrected chi connectivity index (χ2v) is 6.41. The summed E-state index contributed by atoms with van der Waals surface area (Å²) >= 11 is 0. The Labute approximate surface area is 98.4 Å². The van der Waals surface area contributed by atoms with Crippen LogP contribution in [-0.2, 0) is 9.84 Å². The summed E-state index contributed by atoms with van der Waals surface area (Å²) in [5.74, 6) is 0.466. The van der Waals surface area contributed by atoms with Crippen molar-refractivity contribution in [3.05, 3.63) is 16.7 Å². The Morgan fingerprint density at radius 1 is 1.59 bits per heavy atom. The molecule has 94 valence electrons. The van der Waals surface area contributed by atoms with Crippen molar-refractivity contribution in [2.45, 2.75) is 18.1 Å². The molecule has 1 aromatic rings. The van der Waals surface area contributed by atoms with E-state index in [0.29, 0.717) is 12.8 Å². The molecule has 7 nitrogen and oxygen atoms in total. The number of nitrogens with zero attached hydrogens (tertiary/aromatic N) is 1. The number of H-pyrrole nitrogens is 1. The molecule has 2 heterocycles. The van der Waals surface area contributed by atoms with Gasteiger partial charge in [-0.3, -0.25) is 4.79 Å². The van der Waals surface area contributed by atoms with Gasteiger partial charge in [-0.2, -0.15) is 0 Å². The van der Waals surface area contributed by atoms with Crippen LogP contribution in [0.1, 0.15) is 12.8 Å². The zero-order chi connectivity index (χ0) is 12.5. The van der Waals surface area contributed by atoms with E-state index in [2.05, 4.69) is 15.3 Å². The minimum absolute atomic E-state index is 0.0251. The highest BCUT2D eigenvalue weighted by atomic mass is 32.2. The lowest BCUT2D eigenvalue weighted by atomic mass is 10.2. The Morgan fingerprint density at radius 2 is 2.35 bits per heavy atom. The van der Waals surface area contributed by atoms with Crippen LogP contribution in [0.25, 0.3) is 0 Å². The third-order valence-corrected chi connectivity index (χ3v) is 5.12. The van der Waals surface area contributed by atoms with Crippen LogP contribution in [0, 0.1) is 0 Å². The molecule has 0 spiro atoms. The predicted molar refractivity (Wildman–Crippen MR) is 64.6 cm³/mol. The normalized spacial score (nSPS) is 22.5. The molecular formula is C9H14N4O3S. The van der Waals surface area contributed by atoms with Gasteiger partial charge >= 0.3 is 0 Å². The summed E-state index contributed by atoms with van der Waals surface area (Å²) in [6, 6.07) is 0. The zero-order valence-corrected chi connectivity index (χ0v) is 9.96. The molecule has 2 rings (SSSR count). The van der Waals surface area contributed by atoms with E-state index in [-0.39, 0.29) is 23.8 Å². The second kappa shape index (κ2) is 4.36. The Bertz CT molecular complexity index is 566. The highest BCUT2D eigenvalue weighted by molar-refractivity contribution is 7.92. The molecule has 0 aliphatic carbocycles. The lowest BCUT2D eigenvalue weighted by Crippen LogP contribution is -2.26. The van der Waals surface area contributed by atoms with Gasteiger partial charge in [0.25, 0.3) is 5.56 Å². The van der Waals surface area contributed by atoms with Gasteiger partial charge in [-0.1, -0.05) is 0 Å². The lowest BCUT2D eigenvalue weighted by Gasteiger charge is -2.11. The fraction of sp³-hybridized carbons (Fsp3) is 0.556. The smallest absolute Gasteiger partial charge is 0.276 e. The molecule has 0 amide bonds. The van der Waals surface area contributed by atoms with Crippen LogP contribution in [0.5, 0.6) is 0 Å². The van der Waals surface area contributed by atoms with E-state index in [4.69, 9.17) is 5.73 Å². The minimum Gasteiger partial charge on any atom is -0.391 e. The van der Waals surface area contributed by atoms with Crippen molar-refractivity contribution in [1.82, 2.24) is 9.97 Å². The van der Waals surface area contributed by atoms with Crippen molar-refractivity contribution >= 4 is 21.3 Å². The van der Waals surface area contributed by atoms with Crippen molar-refractivity contribution in [3.8, 4) is 0 Å². The fourth-order valence-corrected chi connectivity index (χ4v) is 3.61. The van der Waals surface area contributed by atoms with E-state index < -0.39 is 20.6 Å². The molecular weight excluding hydrogens is 244 g/mol. The van der Waals surface area contributed by atoms with E-state index in [1.807, 2.05) is 0 Å². The lowest BCUT2D eigenvalue weighted by molar-refractivity contribution is 0.591. The molecule has 0 saturated carbocycles. The van der Waals surface area contributed by atoms with Crippen molar-refractivity contribution < 1.29 is 8.42 Å². The summed E-state index contributed by atoms with van der Waals surface area (Å²) < 4.78 is 23.2. The SMILES string of the molecule is Nc1c(NCC2CCCS2(=O)=O)nc[nH]c1=O. The van der Waals surface area contributed by atoms with Crippen LogP contribution in [0.15, 0.2) is 11.1 Å². The first-order valence-electron chi connectivity index (χ1n) is 5.29. The van der Waals surface area contributed by atoms with Gasteiger partial charge in [0.15, 0.2) is 15.7 Å². The number of hydrogen-bond acceptors (Lipinski definition) is 6. The zero-order valence-electron chi connectivity index (χ0n) is 9.14. The van der Waals surface area contributed by atoms with Crippen LogP contribution < -0.4 is 16.6 Å². The van der Waals surface area contributed by atoms with E-state index >= 15 is 0 Å². The predicted octanol–water partition coefficient (Wildman–Crippen LogP) is -0.659. The van der Waals surface area contributed by atoms with E-state index in [0.717, 1.165) is 0 Å². The van der Waals surface area contributed by atoms with Crippen LogP contribution in [0.2, 0.25) is 0 Å². The number of sulfone groups is 1. The summed E-state index contributed by atoms with van der Waals surface area (Å²) in [7, 11) is -3.00. The molecule has 1 saturated heterocycles. The summed E-state index contributed by atoms with van der Waals surface area (Å²) in [4.78, 5) is 17.4. The molecule has 17 heavy (non-hydrogen) atoms. The monoisotopic (exact) mass is 258 g/mol. The van der Waals surface area contributed by atoms with E-state index in [1.165, 1.54) is 6.33 Å². The number of anilines is 2. The molecule has 8 heteroatoms. The van der Waals surface area contributed by atoms with Gasteiger partial charge in [-0.15, -0.1) is 0 Å². The van der Waals surface area contributed by atoms with Gasteiger partial charge in [0.1, 0.15) is 5.69 Å². The number of hydrogen-bond donors (Lipinski definition) is 3. The molecule has 1 aliphatic rings. The van der Waals surface area contributed by atoms with Gasteiger partial charge in [-0.05, 0) is 12.8 Å². The van der Waals surface area contributed by atoms with Crippen molar-refractivity contribution in [2.75, 3.05) is 23.3 Å². The summed E-state index contributed by atoms with van der Waals surface area (Å²) in [6.07, 6.45) is 2.55. The quantitative estimate of drug-likeness (QED) is 0.662. The van der Waals surface area contributed by atoms with Crippen molar-refractivity contribution in [2.24, 2.45) is 0 Å². The number of aromatic amines is 1. The van der Waals surface area contributed by atoms with Crippen LogP contribution in [0.3, 0.4) is 0 Å². The van der Waals surface area contributed by atoms with Crippen LogP contribution in [0.4, 0.5) is 11.5 Å². The Morgan fingerprint density at radius 3 is 3.00 bits per heavy atom. The summed E-state index contributed by atoms with van der Waals surface area (Å²) in [5, 5.41) is 2.40. The Hall–Kier alpha value is -1.57. The molecule has 1 fully saturated rings. The standard InChI is InChI=1S/C9H14N4O3S/c10-7-8(12-5-13-9(7)14)11-4-6-2-1-3-17(6,15)16/h5-6H,1-4,10H2,(H2,11,12,13,14). The maximum atomic E-state index is 11.6. The highest BCUT2D eigenvalue weighted by Gasteiger charge is 2.31. The molecule has 0 radical (unpaired) electrons. The van der Waals surface area contributed by atoms with Crippen LogP contribution >= 0.6 is 0 Å². The number of rotatable bonds is 3. The molecule has 1 aliphatic heterocycles. The number of nitrogens with one attached hydrogen (secondary N) is 2. The first kappa shape index (κ1) is 11.9. The van der Waals surface area contributed by atoms with Gasteiger partial charge in [0.05, 0.1) is 17.3 Å².